The average Bonchev–Trinajstić information content (AvgIpc) is 3.10. The lowest BCUT2D eigenvalue weighted by Gasteiger charge is -2.11. The van der Waals surface area contributed by atoms with Crippen LogP contribution in [-0.4, -0.2) is 28.8 Å². The van der Waals surface area contributed by atoms with Gasteiger partial charge in [-0.15, -0.1) is 0 Å². The molecule has 0 spiro atoms. The van der Waals surface area contributed by atoms with Crippen molar-refractivity contribution in [3.05, 3.63) is 76.7 Å². The maximum atomic E-state index is 13.2. The van der Waals surface area contributed by atoms with Gasteiger partial charge < -0.3 is 16.4 Å². The van der Waals surface area contributed by atoms with E-state index in [0.29, 0.717) is 36.5 Å². The lowest BCUT2D eigenvalue weighted by molar-refractivity contribution is 0.627. The summed E-state index contributed by atoms with van der Waals surface area (Å²) >= 11 is 0. The second-order valence-electron chi connectivity index (χ2n) is 7.42. The molecule has 2 aromatic carbocycles. The van der Waals surface area contributed by atoms with Crippen LogP contribution in [0.25, 0.3) is 5.69 Å². The maximum Gasteiger partial charge on any atom is 0.191 e. The van der Waals surface area contributed by atoms with Crippen molar-refractivity contribution in [3.8, 4) is 11.8 Å². The number of aliphatic imine (C=N–C) groups is 1. The van der Waals surface area contributed by atoms with E-state index in [1.807, 2.05) is 13.0 Å². The fourth-order valence-electron chi connectivity index (χ4n) is 3.34. The highest BCUT2D eigenvalue weighted by Gasteiger charge is 2.16. The lowest BCUT2D eigenvalue weighted by Crippen LogP contribution is -2.37. The summed E-state index contributed by atoms with van der Waals surface area (Å²) < 4.78 is 14.7. The minimum absolute atomic E-state index is 0.259. The molecule has 1 heterocycles. The van der Waals surface area contributed by atoms with Gasteiger partial charge in [-0.25, -0.2) is 14.1 Å². The Kier molecular flexibility index (Phi) is 7.81. The Bertz CT molecular complexity index is 1110. The Morgan fingerprint density at radius 1 is 1.22 bits per heavy atom. The van der Waals surface area contributed by atoms with Crippen LogP contribution < -0.4 is 16.4 Å². The molecule has 0 saturated carbocycles. The third-order valence-electron chi connectivity index (χ3n) is 4.91. The number of nitrogens with zero attached hydrogens (tertiary/aromatic N) is 4. The minimum Gasteiger partial charge on any atom is -0.382 e. The number of nitrogens with two attached hydrogens (primary N) is 1. The molecule has 0 atom stereocenters. The summed E-state index contributed by atoms with van der Waals surface area (Å²) in [6, 6.07) is 16.3. The van der Waals surface area contributed by atoms with Gasteiger partial charge in [0.15, 0.2) is 5.96 Å². The summed E-state index contributed by atoms with van der Waals surface area (Å²) in [7, 11) is 0. The predicted molar refractivity (Wildman–Crippen MR) is 125 cm³/mol. The number of aryl methyl sites for hydroxylation is 2. The van der Waals surface area contributed by atoms with Crippen LogP contribution >= 0.6 is 0 Å². The predicted octanol–water partition coefficient (Wildman–Crippen LogP) is 3.46. The van der Waals surface area contributed by atoms with Crippen molar-refractivity contribution in [2.24, 2.45) is 4.99 Å². The van der Waals surface area contributed by atoms with Gasteiger partial charge in [0.2, 0.25) is 0 Å². The summed E-state index contributed by atoms with van der Waals surface area (Å²) in [6.45, 7) is 6.10. The Balaban J connectivity index is 1.61. The van der Waals surface area contributed by atoms with E-state index >= 15 is 0 Å². The van der Waals surface area contributed by atoms with Gasteiger partial charge in [0.25, 0.3) is 0 Å². The van der Waals surface area contributed by atoms with Gasteiger partial charge in [0.05, 0.1) is 17.9 Å². The molecule has 0 radical (unpaired) electrons. The average molecular weight is 434 g/mol. The molecule has 0 fully saturated rings. The number of rotatable bonds is 8. The molecular weight excluding hydrogens is 405 g/mol. The maximum absolute atomic E-state index is 13.2. The zero-order valence-electron chi connectivity index (χ0n) is 18.4. The molecule has 0 bridgehead atoms. The van der Waals surface area contributed by atoms with Gasteiger partial charge in [-0.2, -0.15) is 10.4 Å². The third-order valence-corrected chi connectivity index (χ3v) is 4.91. The van der Waals surface area contributed by atoms with Gasteiger partial charge in [-0.1, -0.05) is 29.8 Å². The van der Waals surface area contributed by atoms with E-state index in [1.165, 1.54) is 22.4 Å². The summed E-state index contributed by atoms with van der Waals surface area (Å²) in [5, 5.41) is 20.6. The van der Waals surface area contributed by atoms with Crippen molar-refractivity contribution in [2.75, 3.05) is 18.8 Å². The summed E-state index contributed by atoms with van der Waals surface area (Å²) in [5.41, 5.74) is 10.1. The smallest absolute Gasteiger partial charge is 0.191 e. The molecule has 0 unspecified atom stereocenters. The standard InChI is InChI=1S/C24H28FN7/c1-3-28-24(30-16-18-7-4-6-17(2)14-18)29-13-5-8-22-21(15-26)23(27)32(31-22)20-11-9-19(25)10-12-20/h4,6-7,9-12,14H,3,5,8,13,16,27H2,1-2H3,(H2,28,29,30). The van der Waals surface area contributed by atoms with Gasteiger partial charge in [0.1, 0.15) is 23.3 Å². The first-order chi connectivity index (χ1) is 15.5. The first kappa shape index (κ1) is 22.8. The van der Waals surface area contributed by atoms with E-state index in [4.69, 9.17) is 5.73 Å². The quantitative estimate of drug-likeness (QED) is 0.287. The number of nitriles is 1. The Labute approximate surface area is 187 Å². The number of hydrogen-bond acceptors (Lipinski definition) is 4. The van der Waals surface area contributed by atoms with Gasteiger partial charge in [-0.05, 0) is 56.5 Å². The van der Waals surface area contributed by atoms with Crippen molar-refractivity contribution in [2.45, 2.75) is 33.2 Å². The number of hydrogen-bond donors (Lipinski definition) is 3. The summed E-state index contributed by atoms with van der Waals surface area (Å²) in [6.07, 6.45) is 1.31. The molecule has 0 amide bonds. The van der Waals surface area contributed by atoms with Crippen LogP contribution in [-0.2, 0) is 13.0 Å². The Morgan fingerprint density at radius 2 is 2.00 bits per heavy atom. The minimum atomic E-state index is -0.341. The number of nitrogens with one attached hydrogen (secondary N) is 2. The van der Waals surface area contributed by atoms with Crippen LogP contribution in [0, 0.1) is 24.1 Å². The van der Waals surface area contributed by atoms with Gasteiger partial charge >= 0.3 is 0 Å². The molecule has 0 saturated heterocycles. The van der Waals surface area contributed by atoms with E-state index in [1.54, 1.807) is 12.1 Å². The molecular formula is C24H28FN7. The largest absolute Gasteiger partial charge is 0.382 e. The molecule has 7 nitrogen and oxygen atoms in total. The molecule has 4 N–H and O–H groups in total. The molecule has 0 aliphatic rings. The SMILES string of the molecule is CCNC(=NCc1cccc(C)c1)NCCCc1nn(-c2ccc(F)cc2)c(N)c1C#N. The fourth-order valence-corrected chi connectivity index (χ4v) is 3.34. The summed E-state index contributed by atoms with van der Waals surface area (Å²) in [4.78, 5) is 4.64. The molecule has 32 heavy (non-hydrogen) atoms. The van der Waals surface area contributed by atoms with E-state index in [9.17, 15) is 9.65 Å². The highest BCUT2D eigenvalue weighted by Crippen LogP contribution is 2.21. The van der Waals surface area contributed by atoms with E-state index < -0.39 is 0 Å². The van der Waals surface area contributed by atoms with Gasteiger partial charge in [0, 0.05) is 13.1 Å². The van der Waals surface area contributed by atoms with Crippen LogP contribution in [0.3, 0.4) is 0 Å². The molecule has 0 aliphatic heterocycles. The topological polar surface area (TPSA) is 104 Å². The van der Waals surface area contributed by atoms with Crippen molar-refractivity contribution in [1.82, 2.24) is 20.4 Å². The Hall–Kier alpha value is -3.86. The molecule has 0 aliphatic carbocycles. The van der Waals surface area contributed by atoms with E-state index in [2.05, 4.69) is 51.9 Å². The van der Waals surface area contributed by atoms with Crippen molar-refractivity contribution in [1.29, 1.82) is 5.26 Å². The van der Waals surface area contributed by atoms with Crippen LogP contribution in [0.4, 0.5) is 10.2 Å². The number of guanidine groups is 1. The summed E-state index contributed by atoms with van der Waals surface area (Å²) in [5.74, 6) is 0.660. The molecule has 3 aromatic rings. The van der Waals surface area contributed by atoms with Crippen LogP contribution in [0.5, 0.6) is 0 Å². The number of nitrogen functional groups attached to an aromatic ring is 1. The zero-order chi connectivity index (χ0) is 22.9. The van der Waals surface area contributed by atoms with E-state index in [0.717, 1.165) is 24.5 Å². The normalized spacial score (nSPS) is 11.2. The number of aromatic nitrogens is 2. The number of benzene rings is 2. The van der Waals surface area contributed by atoms with E-state index in [-0.39, 0.29) is 11.6 Å². The first-order valence-electron chi connectivity index (χ1n) is 10.6. The number of halogens is 1. The molecule has 3 rings (SSSR count). The molecule has 1 aromatic heterocycles. The second kappa shape index (κ2) is 11.0. The van der Waals surface area contributed by atoms with Crippen LogP contribution in [0.2, 0.25) is 0 Å². The molecule has 166 valence electrons. The Morgan fingerprint density at radius 3 is 2.69 bits per heavy atom. The first-order valence-corrected chi connectivity index (χ1v) is 10.6. The fraction of sp³-hybridized carbons (Fsp3) is 0.292. The molecule has 8 heteroatoms. The lowest BCUT2D eigenvalue weighted by atomic mass is 10.1. The highest BCUT2D eigenvalue weighted by molar-refractivity contribution is 5.79. The number of anilines is 1. The monoisotopic (exact) mass is 433 g/mol. The van der Waals surface area contributed by atoms with Crippen molar-refractivity contribution < 1.29 is 4.39 Å². The van der Waals surface area contributed by atoms with Crippen molar-refractivity contribution in [3.63, 3.8) is 0 Å². The van der Waals surface area contributed by atoms with Crippen molar-refractivity contribution >= 4 is 11.8 Å². The highest BCUT2D eigenvalue weighted by atomic mass is 19.1. The third kappa shape index (κ3) is 5.85. The van der Waals surface area contributed by atoms with Crippen LogP contribution in [0.15, 0.2) is 53.5 Å². The van der Waals surface area contributed by atoms with Gasteiger partial charge in [-0.3, -0.25) is 0 Å². The zero-order valence-corrected chi connectivity index (χ0v) is 18.4. The van der Waals surface area contributed by atoms with Crippen LogP contribution in [0.1, 0.15) is 35.7 Å². The second-order valence-corrected chi connectivity index (χ2v) is 7.42.